The number of rotatable bonds is 3. The van der Waals surface area contributed by atoms with Crippen molar-refractivity contribution in [1.29, 1.82) is 0 Å². The second kappa shape index (κ2) is 5.46. The molecule has 0 saturated carbocycles. The summed E-state index contributed by atoms with van der Waals surface area (Å²) < 4.78 is 39.0. The van der Waals surface area contributed by atoms with Gasteiger partial charge in [0.2, 0.25) is 0 Å². The zero-order chi connectivity index (χ0) is 14.8. The minimum Gasteiger partial charge on any atom is -0.384 e. The summed E-state index contributed by atoms with van der Waals surface area (Å²) in [7, 11) is 0. The third-order valence-electron chi connectivity index (χ3n) is 2.71. The Morgan fingerprint density at radius 3 is 2.50 bits per heavy atom. The highest BCUT2D eigenvalue weighted by molar-refractivity contribution is 5.62. The Labute approximate surface area is 113 Å². The van der Waals surface area contributed by atoms with E-state index in [1.54, 1.807) is 6.07 Å². The average molecular weight is 283 g/mol. The predicted molar refractivity (Wildman–Crippen MR) is 68.3 cm³/mol. The van der Waals surface area contributed by atoms with Crippen LogP contribution in [0.1, 0.15) is 11.3 Å². The fourth-order valence-electron chi connectivity index (χ4n) is 1.87. The van der Waals surface area contributed by atoms with E-state index in [1.165, 1.54) is 18.2 Å². The SMILES string of the molecule is Nc1cc(CC[NH3+])nc(-c2ccccc2C(F)(F)F)n1. The number of anilines is 1. The maximum absolute atomic E-state index is 13.0. The number of quaternary nitrogens is 1. The summed E-state index contributed by atoms with van der Waals surface area (Å²) in [5.74, 6) is 0.136. The Kier molecular flexibility index (Phi) is 3.89. The van der Waals surface area contributed by atoms with Crippen molar-refractivity contribution in [3.8, 4) is 11.4 Å². The van der Waals surface area contributed by atoms with Crippen LogP contribution in [-0.4, -0.2) is 16.5 Å². The molecule has 5 N–H and O–H groups in total. The molecule has 0 aliphatic heterocycles. The zero-order valence-corrected chi connectivity index (χ0v) is 10.6. The molecule has 0 spiro atoms. The molecule has 0 aliphatic rings. The summed E-state index contributed by atoms with van der Waals surface area (Å²) in [6.45, 7) is 0.580. The van der Waals surface area contributed by atoms with Gasteiger partial charge in [-0.15, -0.1) is 0 Å². The summed E-state index contributed by atoms with van der Waals surface area (Å²) in [5.41, 5.74) is 9.06. The molecular weight excluding hydrogens is 269 g/mol. The van der Waals surface area contributed by atoms with Crippen LogP contribution in [0.25, 0.3) is 11.4 Å². The maximum Gasteiger partial charge on any atom is 0.417 e. The number of hydrogen-bond acceptors (Lipinski definition) is 3. The number of aromatic nitrogens is 2. The van der Waals surface area contributed by atoms with E-state index in [4.69, 9.17) is 5.73 Å². The molecule has 106 valence electrons. The van der Waals surface area contributed by atoms with Crippen molar-refractivity contribution in [2.24, 2.45) is 0 Å². The molecule has 1 heterocycles. The van der Waals surface area contributed by atoms with Gasteiger partial charge in [-0.1, -0.05) is 18.2 Å². The van der Waals surface area contributed by atoms with Crippen LogP contribution >= 0.6 is 0 Å². The van der Waals surface area contributed by atoms with Gasteiger partial charge in [-0.2, -0.15) is 13.2 Å². The zero-order valence-electron chi connectivity index (χ0n) is 10.6. The molecule has 0 aliphatic carbocycles. The first kappa shape index (κ1) is 14.3. The Morgan fingerprint density at radius 1 is 1.15 bits per heavy atom. The van der Waals surface area contributed by atoms with E-state index in [2.05, 4.69) is 15.7 Å². The van der Waals surface area contributed by atoms with E-state index in [9.17, 15) is 13.2 Å². The molecule has 0 fully saturated rings. The summed E-state index contributed by atoms with van der Waals surface area (Å²) in [6, 6.07) is 6.73. The first-order chi connectivity index (χ1) is 9.41. The molecule has 0 unspecified atom stereocenters. The molecule has 20 heavy (non-hydrogen) atoms. The lowest BCUT2D eigenvalue weighted by molar-refractivity contribution is -0.366. The summed E-state index contributed by atoms with van der Waals surface area (Å²) in [4.78, 5) is 8.04. The molecule has 2 rings (SSSR count). The van der Waals surface area contributed by atoms with Crippen LogP contribution in [0.4, 0.5) is 19.0 Å². The quantitative estimate of drug-likeness (QED) is 0.896. The third-order valence-corrected chi connectivity index (χ3v) is 2.71. The topological polar surface area (TPSA) is 79.4 Å². The van der Waals surface area contributed by atoms with Gasteiger partial charge in [0.1, 0.15) is 5.82 Å². The van der Waals surface area contributed by atoms with Gasteiger partial charge in [-0.25, -0.2) is 9.97 Å². The van der Waals surface area contributed by atoms with Crippen LogP contribution in [-0.2, 0) is 12.6 Å². The lowest BCUT2D eigenvalue weighted by Crippen LogP contribution is -2.51. The van der Waals surface area contributed by atoms with Gasteiger partial charge in [0, 0.05) is 18.1 Å². The van der Waals surface area contributed by atoms with Gasteiger partial charge >= 0.3 is 6.18 Å². The Morgan fingerprint density at radius 2 is 1.85 bits per heavy atom. The van der Waals surface area contributed by atoms with Gasteiger partial charge in [0.15, 0.2) is 5.82 Å². The van der Waals surface area contributed by atoms with E-state index < -0.39 is 11.7 Å². The van der Waals surface area contributed by atoms with Crippen molar-refractivity contribution < 1.29 is 18.9 Å². The number of nitrogen functional groups attached to an aromatic ring is 1. The molecule has 0 radical (unpaired) electrons. The standard InChI is InChI=1S/C13H13F3N4/c14-13(15,16)10-4-2-1-3-9(10)12-19-8(5-6-17)7-11(18)20-12/h1-4,7H,5-6,17H2,(H2,18,19,20)/p+1. The monoisotopic (exact) mass is 283 g/mol. The van der Waals surface area contributed by atoms with Crippen LogP contribution < -0.4 is 11.5 Å². The van der Waals surface area contributed by atoms with E-state index in [0.29, 0.717) is 18.7 Å². The molecule has 4 nitrogen and oxygen atoms in total. The minimum absolute atomic E-state index is 0.0126. The molecule has 0 amide bonds. The lowest BCUT2D eigenvalue weighted by Gasteiger charge is -2.12. The van der Waals surface area contributed by atoms with Crippen molar-refractivity contribution in [2.45, 2.75) is 12.6 Å². The highest BCUT2D eigenvalue weighted by Crippen LogP contribution is 2.35. The fraction of sp³-hybridized carbons (Fsp3) is 0.231. The Bertz CT molecular complexity index is 611. The van der Waals surface area contributed by atoms with E-state index in [0.717, 1.165) is 6.07 Å². The Hall–Kier alpha value is -2.15. The third kappa shape index (κ3) is 3.05. The van der Waals surface area contributed by atoms with E-state index in [-0.39, 0.29) is 17.2 Å². The van der Waals surface area contributed by atoms with Crippen molar-refractivity contribution in [3.63, 3.8) is 0 Å². The van der Waals surface area contributed by atoms with Crippen LogP contribution in [0, 0.1) is 0 Å². The van der Waals surface area contributed by atoms with E-state index >= 15 is 0 Å². The predicted octanol–water partition coefficient (Wildman–Crippen LogP) is 1.53. The van der Waals surface area contributed by atoms with E-state index in [1.807, 2.05) is 0 Å². The van der Waals surface area contributed by atoms with Gasteiger partial charge in [0.25, 0.3) is 0 Å². The summed E-state index contributed by atoms with van der Waals surface area (Å²) in [5, 5.41) is 0. The smallest absolute Gasteiger partial charge is 0.384 e. The molecular formula is C13H14F3N4+. The average Bonchev–Trinajstić information content (AvgIpc) is 2.37. The fourth-order valence-corrected chi connectivity index (χ4v) is 1.87. The van der Waals surface area contributed by atoms with Crippen LogP contribution in [0.5, 0.6) is 0 Å². The molecule has 1 aromatic heterocycles. The largest absolute Gasteiger partial charge is 0.417 e. The van der Waals surface area contributed by atoms with Crippen LogP contribution in [0.15, 0.2) is 30.3 Å². The minimum atomic E-state index is -4.46. The number of halogens is 3. The van der Waals surface area contributed by atoms with Crippen molar-refractivity contribution in [2.75, 3.05) is 12.3 Å². The van der Waals surface area contributed by atoms with Gasteiger partial charge in [0.05, 0.1) is 17.8 Å². The molecule has 0 atom stereocenters. The molecule has 7 heteroatoms. The second-order valence-corrected chi connectivity index (χ2v) is 4.25. The lowest BCUT2D eigenvalue weighted by atomic mass is 10.1. The number of hydrogen-bond donors (Lipinski definition) is 2. The maximum atomic E-state index is 13.0. The number of nitrogens with zero attached hydrogens (tertiary/aromatic N) is 2. The van der Waals surface area contributed by atoms with Crippen LogP contribution in [0.2, 0.25) is 0 Å². The van der Waals surface area contributed by atoms with Crippen molar-refractivity contribution in [1.82, 2.24) is 9.97 Å². The molecule has 2 aromatic rings. The number of benzene rings is 1. The van der Waals surface area contributed by atoms with Crippen molar-refractivity contribution in [3.05, 3.63) is 41.6 Å². The molecule has 1 aromatic carbocycles. The van der Waals surface area contributed by atoms with Crippen molar-refractivity contribution >= 4 is 5.82 Å². The normalized spacial score (nSPS) is 11.6. The highest BCUT2D eigenvalue weighted by atomic mass is 19.4. The summed E-state index contributed by atoms with van der Waals surface area (Å²) >= 11 is 0. The van der Waals surface area contributed by atoms with Gasteiger partial charge < -0.3 is 11.5 Å². The Balaban J connectivity index is 2.57. The van der Waals surface area contributed by atoms with Gasteiger partial charge in [-0.05, 0) is 6.07 Å². The van der Waals surface area contributed by atoms with Gasteiger partial charge in [-0.3, -0.25) is 0 Å². The highest BCUT2D eigenvalue weighted by Gasteiger charge is 2.34. The van der Waals surface area contributed by atoms with Crippen LogP contribution in [0.3, 0.4) is 0 Å². The molecule has 0 bridgehead atoms. The number of alkyl halides is 3. The first-order valence-corrected chi connectivity index (χ1v) is 6.01. The second-order valence-electron chi connectivity index (χ2n) is 4.25. The number of nitrogens with two attached hydrogens (primary N) is 1. The molecule has 0 saturated heterocycles. The first-order valence-electron chi connectivity index (χ1n) is 6.01. The summed E-state index contributed by atoms with van der Waals surface area (Å²) in [6.07, 6.45) is -3.93.